The fourth-order valence-corrected chi connectivity index (χ4v) is 8.03. The van der Waals surface area contributed by atoms with Gasteiger partial charge in [-0.25, -0.2) is 9.59 Å². The Bertz CT molecular complexity index is 1830. The third kappa shape index (κ3) is 6.19. The van der Waals surface area contributed by atoms with Crippen molar-refractivity contribution >= 4 is 79.4 Å². The number of carbonyl (C=O) groups excluding carboxylic acids is 4. The van der Waals surface area contributed by atoms with Crippen molar-refractivity contribution in [1.29, 1.82) is 0 Å². The number of allylic oxidation sites excluding steroid dienone is 1. The molecule has 4 atom stereocenters. The van der Waals surface area contributed by atoms with Crippen LogP contribution in [-0.4, -0.2) is 130 Å². The number of aryl methyl sites for hydroxylation is 1. The first kappa shape index (κ1) is 32.5. The Morgan fingerprint density at radius 2 is 2.02 bits per heavy atom. The molecule has 47 heavy (non-hydrogen) atoms. The number of hydrogen-bond donors (Lipinski definition) is 3. The molecule has 18 nitrogen and oxygen atoms in total. The van der Waals surface area contributed by atoms with Crippen LogP contribution in [0.5, 0.6) is 0 Å². The third-order valence-electron chi connectivity index (χ3n) is 7.99. The number of ether oxygens (including phenoxy) is 1. The van der Waals surface area contributed by atoms with E-state index in [1.54, 1.807) is 4.90 Å². The van der Waals surface area contributed by atoms with Crippen LogP contribution in [0.2, 0.25) is 0 Å². The average molecular weight is 752 g/mol. The summed E-state index contributed by atoms with van der Waals surface area (Å²) in [5.74, 6) is -3.73. The molecule has 21 heteroatoms. The van der Waals surface area contributed by atoms with E-state index in [-0.39, 0.29) is 59.5 Å². The number of aromatic nitrogens is 2. The smallest absolute Gasteiger partial charge is 0.250 e. The average Bonchev–Trinajstić information content (AvgIpc) is 3.83. The summed E-state index contributed by atoms with van der Waals surface area (Å²) in [5.41, 5.74) is -0.0983. The number of fused-ring (bicyclic) bond motifs is 1. The van der Waals surface area contributed by atoms with E-state index in [0.717, 1.165) is 16.4 Å². The zero-order valence-electron chi connectivity index (χ0n) is 24.4. The van der Waals surface area contributed by atoms with Crippen LogP contribution in [0.1, 0.15) is 30.2 Å². The number of nitrogens with zero attached hydrogens (tertiary/aromatic N) is 6. The summed E-state index contributed by atoms with van der Waals surface area (Å²) < 4.78 is 19.4. The predicted octanol–water partition coefficient (Wildman–Crippen LogP) is -1.86. The molecule has 6 rings (SSSR count). The minimum Gasteiger partial charge on any atom is -0.269 e. The zero-order valence-corrected chi connectivity index (χ0v) is 28.5. The second-order valence-electron chi connectivity index (χ2n) is 10.7. The van der Waals surface area contributed by atoms with E-state index in [9.17, 15) is 39.1 Å². The summed E-state index contributed by atoms with van der Waals surface area (Å²) in [4.78, 5) is 83.6. The number of carboxylic acids is 1. The molecule has 2 aromatic rings. The summed E-state index contributed by atoms with van der Waals surface area (Å²) in [7, 11) is 0. The molecule has 0 radical (unpaired) electrons. The fraction of sp³-hybridized carbons (Fsp3) is 0.423. The van der Waals surface area contributed by atoms with Gasteiger partial charge in [-0.2, -0.15) is 0 Å². The molecule has 0 bridgehead atoms. The number of amides is 4. The van der Waals surface area contributed by atoms with Gasteiger partial charge in [0.1, 0.15) is 0 Å². The number of β-lactam (4-membered cyclic amide) rings is 1. The van der Waals surface area contributed by atoms with E-state index in [1.165, 1.54) is 46.5 Å². The maximum Gasteiger partial charge on any atom is 0.250 e. The van der Waals surface area contributed by atoms with Crippen LogP contribution < -0.4 is 14.9 Å². The van der Waals surface area contributed by atoms with Crippen molar-refractivity contribution in [1.82, 2.24) is 29.4 Å². The van der Waals surface area contributed by atoms with Gasteiger partial charge in [-0.3, -0.25) is 4.79 Å². The first-order chi connectivity index (χ1) is 22.5. The second kappa shape index (κ2) is 13.0. The van der Waals surface area contributed by atoms with Crippen molar-refractivity contribution in [3.05, 3.63) is 50.9 Å². The van der Waals surface area contributed by atoms with Gasteiger partial charge in [0.2, 0.25) is 5.91 Å². The van der Waals surface area contributed by atoms with Crippen LogP contribution in [0.3, 0.4) is 0 Å². The summed E-state index contributed by atoms with van der Waals surface area (Å²) in [5, 5.41) is 24.1. The van der Waals surface area contributed by atoms with Gasteiger partial charge < -0.3 is 23.4 Å². The molecule has 4 aliphatic rings. The molecule has 4 aliphatic heterocycles. The normalized spacial score (nSPS) is 23.8. The zero-order chi connectivity index (χ0) is 33.6. The van der Waals surface area contributed by atoms with Crippen LogP contribution in [0.15, 0.2) is 41.7 Å². The molecule has 4 amide bonds. The van der Waals surface area contributed by atoms with Gasteiger partial charge in [0.25, 0.3) is 0 Å². The second-order valence-corrected chi connectivity index (χ2v) is 14.7. The Balaban J connectivity index is 1.09. The summed E-state index contributed by atoms with van der Waals surface area (Å²) >= 11 is 3.41. The first-order valence-corrected chi connectivity index (χ1v) is 17.1. The summed E-state index contributed by atoms with van der Waals surface area (Å²) in [6, 6.07) is -1.37. The maximum atomic E-state index is 13.4. The molecule has 3 N–H and O–H groups in total. The standard InChI is InChI=1S/C26H26AsN7O11S2/c1-10-14(45-26(41)44-10)8-43-25(40)32-4-3-13(7-32)33-5-2-11(20(33)36)6-12-9-46-22-16(21(37)34(22)17(12)23(38)39)28-19(35)15(30-42)18-29-24(27)47-31-18/h6,13,16,22,42H,2-5,7-9,27H2,1H3,(H,28,35)(H,38,39)/b11-6+,30-15-/t13-,16-,22-/m1/s1. The van der Waals surface area contributed by atoms with Crippen LogP contribution in [0, 0.1) is 6.92 Å². The van der Waals surface area contributed by atoms with Crippen molar-refractivity contribution in [2.45, 2.75) is 43.8 Å². The molecule has 2 aromatic heterocycles. The Morgan fingerprint density at radius 1 is 1.23 bits per heavy atom. The number of nitrogens with one attached hydrogen (secondary N) is 1. The quantitative estimate of drug-likeness (QED) is 0.0670. The molecule has 248 valence electrons. The molecule has 0 spiro atoms. The SMILES string of the molecule is Cc1oc(=O)oc1COC(=O)N1CC[C@@H](N2CC/C(=C\C3=C(C(=O)O)N4C(=O)[C@@H](NC(=O)/C(=N\O)c5nsc([AsH2])n5)[C@H]4SC3)C2=O)C1. The first-order valence-electron chi connectivity index (χ1n) is 14.0. The van der Waals surface area contributed by atoms with Crippen molar-refractivity contribution in [2.24, 2.45) is 5.16 Å². The van der Waals surface area contributed by atoms with E-state index < -0.39 is 46.8 Å². The largest absolute Gasteiger partial charge is 0.269 e. The summed E-state index contributed by atoms with van der Waals surface area (Å²) in [6.45, 7) is 2.17. The summed E-state index contributed by atoms with van der Waals surface area (Å²) in [6.07, 6.45) is 1.72. The van der Waals surface area contributed by atoms with E-state index >= 15 is 0 Å². The molecule has 1 unspecified atom stereocenters. The molecular formula is C26H26AsN7O11S2. The number of hydrogen-bond acceptors (Lipinski definition) is 15. The minimum atomic E-state index is -1.36. The molecular weight excluding hydrogens is 725 g/mol. The molecule has 3 saturated heterocycles. The van der Waals surface area contributed by atoms with Crippen molar-refractivity contribution in [3.63, 3.8) is 0 Å². The van der Waals surface area contributed by atoms with Crippen LogP contribution in [0.4, 0.5) is 4.79 Å². The molecule has 0 aliphatic carbocycles. The van der Waals surface area contributed by atoms with Gasteiger partial charge in [-0.05, 0) is 19.8 Å². The predicted molar refractivity (Wildman–Crippen MR) is 163 cm³/mol. The van der Waals surface area contributed by atoms with Crippen molar-refractivity contribution < 1.29 is 47.9 Å². The van der Waals surface area contributed by atoms with Crippen LogP contribution in [0.25, 0.3) is 0 Å². The molecule has 6 heterocycles. The number of likely N-dealkylation sites (tertiary alicyclic amines) is 2. The fourth-order valence-electron chi connectivity index (χ4n) is 5.70. The Kier molecular flexibility index (Phi) is 8.99. The van der Waals surface area contributed by atoms with Crippen LogP contribution >= 0.6 is 23.3 Å². The number of rotatable bonds is 8. The topological polar surface area (TPSA) is 238 Å². The number of aliphatic carboxylic acids is 1. The van der Waals surface area contributed by atoms with E-state index in [4.69, 9.17) is 13.6 Å². The van der Waals surface area contributed by atoms with Crippen LogP contribution in [-0.2, 0) is 30.5 Å². The minimum absolute atomic E-state index is 0.0912. The number of thioether (sulfide) groups is 1. The Hall–Kier alpha value is -4.42. The Morgan fingerprint density at radius 3 is 2.68 bits per heavy atom. The monoisotopic (exact) mass is 751 g/mol. The van der Waals surface area contributed by atoms with Crippen molar-refractivity contribution in [2.75, 3.05) is 25.4 Å². The van der Waals surface area contributed by atoms with Gasteiger partial charge in [-0.15, -0.1) is 0 Å². The van der Waals surface area contributed by atoms with E-state index in [1.807, 2.05) is 0 Å². The van der Waals surface area contributed by atoms with Crippen molar-refractivity contribution in [3.8, 4) is 0 Å². The molecule has 3 fully saturated rings. The number of carbonyl (C=O) groups is 5. The van der Waals surface area contributed by atoms with E-state index in [0.29, 0.717) is 35.3 Å². The number of carboxylic acid groups (broad SMARTS) is 1. The molecule has 0 aromatic carbocycles. The Labute approximate surface area is 281 Å². The number of oxime groups is 1. The van der Waals surface area contributed by atoms with Gasteiger partial charge in [0, 0.05) is 25.2 Å². The molecule has 0 saturated carbocycles. The van der Waals surface area contributed by atoms with Gasteiger partial charge in [0.15, 0.2) is 18.1 Å². The maximum absolute atomic E-state index is 13.4. The van der Waals surface area contributed by atoms with Gasteiger partial charge in [0.05, 0.1) is 6.04 Å². The van der Waals surface area contributed by atoms with E-state index in [2.05, 4.69) is 19.8 Å². The van der Waals surface area contributed by atoms with Gasteiger partial charge in [-0.1, -0.05) is 0 Å². The third-order valence-corrected chi connectivity index (χ3v) is 10.8. The van der Waals surface area contributed by atoms with Gasteiger partial charge >= 0.3 is 169 Å².